The summed E-state index contributed by atoms with van der Waals surface area (Å²) in [7, 11) is 3.36. The zero-order chi connectivity index (χ0) is 26.3. The monoisotopic (exact) mass is 528 g/mol. The third-order valence-electron chi connectivity index (χ3n) is 6.79. The van der Waals surface area contributed by atoms with E-state index in [9.17, 15) is 4.79 Å². The summed E-state index contributed by atoms with van der Waals surface area (Å²) < 4.78 is 14.5. The molecule has 1 aliphatic rings. The number of amides is 1. The van der Waals surface area contributed by atoms with Gasteiger partial charge in [0.1, 0.15) is 11.5 Å². The predicted molar refractivity (Wildman–Crippen MR) is 153 cm³/mol. The van der Waals surface area contributed by atoms with E-state index in [1.807, 2.05) is 65.7 Å². The summed E-state index contributed by atoms with van der Waals surface area (Å²) in [5.41, 5.74) is 3.65. The molecule has 1 aromatic heterocycles. The zero-order valence-corrected chi connectivity index (χ0v) is 22.5. The van der Waals surface area contributed by atoms with E-state index < -0.39 is 0 Å². The first-order valence-electron chi connectivity index (χ1n) is 12.7. The molecule has 0 atom stereocenters. The Labute approximate surface area is 227 Å². The van der Waals surface area contributed by atoms with Crippen LogP contribution in [-0.2, 0) is 6.54 Å². The van der Waals surface area contributed by atoms with Gasteiger partial charge >= 0.3 is 0 Å². The van der Waals surface area contributed by atoms with Crippen LogP contribution in [0.5, 0.6) is 11.5 Å². The van der Waals surface area contributed by atoms with Crippen LogP contribution in [0.25, 0.3) is 10.9 Å². The second-order valence-electron chi connectivity index (χ2n) is 9.18. The molecular formula is C30H32N4O3S. The molecule has 0 aliphatic carbocycles. The highest BCUT2D eigenvalue weighted by Gasteiger charge is 2.22. The van der Waals surface area contributed by atoms with E-state index >= 15 is 0 Å². The number of hydrogen-bond donors (Lipinski definition) is 1. The number of ether oxygens (including phenoxy) is 2. The van der Waals surface area contributed by atoms with Crippen molar-refractivity contribution in [2.24, 2.45) is 0 Å². The second kappa shape index (κ2) is 12.2. The number of anilines is 1. The number of carbonyl (C=O) groups excluding carboxylic acids is 1. The topological polar surface area (TPSA) is 66.9 Å². The summed E-state index contributed by atoms with van der Waals surface area (Å²) in [4.78, 5) is 23.2. The number of benzene rings is 3. The van der Waals surface area contributed by atoms with Crippen molar-refractivity contribution in [3.63, 3.8) is 0 Å². The van der Waals surface area contributed by atoms with E-state index in [1.165, 1.54) is 11.9 Å². The van der Waals surface area contributed by atoms with Gasteiger partial charge in [-0.25, -0.2) is 0 Å². The molecule has 0 unspecified atom stereocenters. The minimum atomic E-state index is 0.0687. The van der Waals surface area contributed by atoms with Gasteiger partial charge < -0.3 is 19.1 Å². The Balaban J connectivity index is 1.18. The molecule has 0 spiro atoms. The fourth-order valence-electron chi connectivity index (χ4n) is 4.78. The van der Waals surface area contributed by atoms with Crippen molar-refractivity contribution in [2.45, 2.75) is 17.9 Å². The molecule has 2 heterocycles. The number of methoxy groups -OCH3 is 2. The van der Waals surface area contributed by atoms with Gasteiger partial charge in [-0.15, -0.1) is 0 Å². The number of pyridine rings is 1. The SMILES string of the molecule is COc1cccc(OC)c1CN1CCCN(C(=O)c2ccc(NSc3cccc4cccnc34)cc2)CC1. The van der Waals surface area contributed by atoms with E-state index in [1.54, 1.807) is 14.2 Å². The minimum Gasteiger partial charge on any atom is -0.496 e. The molecule has 8 heteroatoms. The third kappa shape index (κ3) is 5.87. The number of para-hydroxylation sites is 1. The highest BCUT2D eigenvalue weighted by atomic mass is 32.2. The molecule has 1 N–H and O–H groups in total. The van der Waals surface area contributed by atoms with Crippen LogP contribution in [0.3, 0.4) is 0 Å². The van der Waals surface area contributed by atoms with Crippen molar-refractivity contribution in [1.82, 2.24) is 14.8 Å². The van der Waals surface area contributed by atoms with Gasteiger partial charge in [-0.1, -0.05) is 24.3 Å². The number of rotatable bonds is 8. The van der Waals surface area contributed by atoms with Crippen LogP contribution in [0.15, 0.2) is 83.9 Å². The standard InChI is InChI=1S/C30H32N4O3S/c1-36-26-9-4-10-27(37-2)25(26)21-33-17-6-18-34(20-19-33)30(35)23-12-14-24(15-13-23)32-38-28-11-3-7-22-8-5-16-31-29(22)28/h3-5,7-16,32H,6,17-21H2,1-2H3. The smallest absolute Gasteiger partial charge is 0.253 e. The molecule has 0 bridgehead atoms. The molecule has 0 radical (unpaired) electrons. The normalized spacial score (nSPS) is 14.2. The third-order valence-corrected chi connectivity index (χ3v) is 7.68. The van der Waals surface area contributed by atoms with Gasteiger partial charge in [0, 0.05) is 55.6 Å². The molecule has 196 valence electrons. The van der Waals surface area contributed by atoms with Crippen LogP contribution in [0.2, 0.25) is 0 Å². The van der Waals surface area contributed by atoms with Gasteiger partial charge in [-0.2, -0.15) is 0 Å². The largest absolute Gasteiger partial charge is 0.496 e. The highest BCUT2D eigenvalue weighted by Crippen LogP contribution is 2.30. The lowest BCUT2D eigenvalue weighted by molar-refractivity contribution is 0.0761. The van der Waals surface area contributed by atoms with Crippen molar-refractivity contribution in [1.29, 1.82) is 0 Å². The Bertz CT molecular complexity index is 1370. The number of nitrogens with one attached hydrogen (secondary N) is 1. The van der Waals surface area contributed by atoms with E-state index in [-0.39, 0.29) is 5.91 Å². The molecule has 3 aromatic carbocycles. The molecule has 1 amide bonds. The molecule has 5 rings (SSSR count). The molecule has 38 heavy (non-hydrogen) atoms. The number of hydrogen-bond acceptors (Lipinski definition) is 7. The van der Waals surface area contributed by atoms with Gasteiger partial charge in [-0.05, 0) is 66.9 Å². The minimum absolute atomic E-state index is 0.0687. The van der Waals surface area contributed by atoms with Crippen LogP contribution >= 0.6 is 11.9 Å². The molecule has 1 fully saturated rings. The van der Waals surface area contributed by atoms with Gasteiger partial charge in [0.05, 0.1) is 30.2 Å². The molecule has 7 nitrogen and oxygen atoms in total. The van der Waals surface area contributed by atoms with Crippen molar-refractivity contribution >= 4 is 34.4 Å². The summed E-state index contributed by atoms with van der Waals surface area (Å²) >= 11 is 1.52. The molecule has 1 aliphatic heterocycles. The Morgan fingerprint density at radius 1 is 0.895 bits per heavy atom. The fraction of sp³-hybridized carbons (Fsp3) is 0.267. The Kier molecular flexibility index (Phi) is 8.31. The van der Waals surface area contributed by atoms with E-state index in [0.29, 0.717) is 12.1 Å². The second-order valence-corrected chi connectivity index (χ2v) is 10.0. The first-order valence-corrected chi connectivity index (χ1v) is 13.6. The molecule has 1 saturated heterocycles. The van der Waals surface area contributed by atoms with Crippen LogP contribution < -0.4 is 14.2 Å². The van der Waals surface area contributed by atoms with Crippen LogP contribution in [0.4, 0.5) is 5.69 Å². The van der Waals surface area contributed by atoms with E-state index in [2.05, 4.69) is 32.8 Å². The zero-order valence-electron chi connectivity index (χ0n) is 21.7. The fourth-order valence-corrected chi connectivity index (χ4v) is 5.55. The summed E-state index contributed by atoms with van der Waals surface area (Å²) in [5.74, 6) is 1.72. The van der Waals surface area contributed by atoms with Crippen molar-refractivity contribution in [3.05, 3.63) is 90.1 Å². The average Bonchev–Trinajstić information content (AvgIpc) is 3.21. The summed E-state index contributed by atoms with van der Waals surface area (Å²) in [6.45, 7) is 3.85. The van der Waals surface area contributed by atoms with Crippen LogP contribution in [0, 0.1) is 0 Å². The van der Waals surface area contributed by atoms with Gasteiger partial charge in [0.15, 0.2) is 0 Å². The van der Waals surface area contributed by atoms with Crippen molar-refractivity contribution < 1.29 is 14.3 Å². The van der Waals surface area contributed by atoms with E-state index in [4.69, 9.17) is 9.47 Å². The molecule has 4 aromatic rings. The number of aromatic nitrogens is 1. The van der Waals surface area contributed by atoms with Crippen molar-refractivity contribution in [2.75, 3.05) is 45.1 Å². The quantitative estimate of drug-likeness (QED) is 0.294. The van der Waals surface area contributed by atoms with Gasteiger partial charge in [0.25, 0.3) is 5.91 Å². The first kappa shape index (κ1) is 25.9. The maximum absolute atomic E-state index is 13.3. The Morgan fingerprint density at radius 3 is 2.39 bits per heavy atom. The first-order chi connectivity index (χ1) is 18.7. The lowest BCUT2D eigenvalue weighted by Gasteiger charge is -2.23. The van der Waals surface area contributed by atoms with Gasteiger partial charge in [0.2, 0.25) is 0 Å². The summed E-state index contributed by atoms with van der Waals surface area (Å²) in [5, 5.41) is 1.11. The summed E-state index contributed by atoms with van der Waals surface area (Å²) in [6.07, 6.45) is 2.72. The van der Waals surface area contributed by atoms with Crippen LogP contribution in [0.1, 0.15) is 22.3 Å². The Morgan fingerprint density at radius 2 is 1.63 bits per heavy atom. The van der Waals surface area contributed by atoms with Crippen molar-refractivity contribution in [3.8, 4) is 11.5 Å². The summed E-state index contributed by atoms with van der Waals surface area (Å²) in [6, 6.07) is 23.7. The number of nitrogens with zero attached hydrogens (tertiary/aromatic N) is 3. The van der Waals surface area contributed by atoms with Gasteiger partial charge in [-0.3, -0.25) is 14.7 Å². The van der Waals surface area contributed by atoms with Crippen LogP contribution in [-0.4, -0.2) is 61.1 Å². The predicted octanol–water partition coefficient (Wildman–Crippen LogP) is 5.72. The maximum atomic E-state index is 13.3. The highest BCUT2D eigenvalue weighted by molar-refractivity contribution is 8.00. The average molecular weight is 529 g/mol. The van der Waals surface area contributed by atoms with E-state index in [0.717, 1.165) is 71.1 Å². The Hall–Kier alpha value is -3.75. The lowest BCUT2D eigenvalue weighted by atomic mass is 10.1. The lowest BCUT2D eigenvalue weighted by Crippen LogP contribution is -2.35. The maximum Gasteiger partial charge on any atom is 0.253 e. The number of carbonyl (C=O) groups is 1. The molecule has 0 saturated carbocycles. The number of fused-ring (bicyclic) bond motifs is 1. The molecular weight excluding hydrogens is 496 g/mol.